The summed E-state index contributed by atoms with van der Waals surface area (Å²) < 4.78 is 0. The van der Waals surface area contributed by atoms with Gasteiger partial charge in [0.2, 0.25) is 0 Å². The van der Waals surface area contributed by atoms with Gasteiger partial charge in [-0.25, -0.2) is 4.98 Å². The number of hydrogen-bond acceptors (Lipinski definition) is 3. The van der Waals surface area contributed by atoms with Crippen molar-refractivity contribution >= 4 is 17.2 Å². The van der Waals surface area contributed by atoms with Crippen LogP contribution in [0.3, 0.4) is 0 Å². The highest BCUT2D eigenvalue weighted by Gasteiger charge is 2.03. The molecule has 0 atom stereocenters. The van der Waals surface area contributed by atoms with Crippen molar-refractivity contribution < 1.29 is 0 Å². The molecule has 0 saturated heterocycles. The van der Waals surface area contributed by atoms with Crippen LogP contribution in [0, 0.1) is 0 Å². The Labute approximate surface area is 95.7 Å². The zero-order chi connectivity index (χ0) is 11.4. The molecule has 3 heteroatoms. The molecule has 3 nitrogen and oxygen atoms in total. The molecule has 16 heavy (non-hydrogen) atoms. The monoisotopic (exact) mass is 213 g/mol. The fourth-order valence-electron chi connectivity index (χ4n) is 1.54. The predicted octanol–water partition coefficient (Wildman–Crippen LogP) is 2.89. The molecule has 0 aliphatic rings. The summed E-state index contributed by atoms with van der Waals surface area (Å²) in [4.78, 5) is 6.32. The summed E-state index contributed by atoms with van der Waals surface area (Å²) in [7, 11) is 4.05. The van der Waals surface area contributed by atoms with Gasteiger partial charge in [-0.1, -0.05) is 18.2 Å². The SMILES string of the molecule is CN(C)c1ccccc1Nc1ccccn1. The molecule has 2 aromatic rings. The van der Waals surface area contributed by atoms with Crippen molar-refractivity contribution in [3.63, 3.8) is 0 Å². The van der Waals surface area contributed by atoms with Gasteiger partial charge < -0.3 is 10.2 Å². The van der Waals surface area contributed by atoms with E-state index < -0.39 is 0 Å². The normalized spacial score (nSPS) is 9.88. The summed E-state index contributed by atoms with van der Waals surface area (Å²) in [5.41, 5.74) is 2.21. The predicted molar refractivity (Wildman–Crippen MR) is 68.3 cm³/mol. The third-order valence-electron chi connectivity index (χ3n) is 2.31. The quantitative estimate of drug-likeness (QED) is 0.849. The van der Waals surface area contributed by atoms with E-state index in [2.05, 4.69) is 21.3 Å². The Morgan fingerprint density at radius 3 is 2.44 bits per heavy atom. The Morgan fingerprint density at radius 2 is 1.75 bits per heavy atom. The lowest BCUT2D eigenvalue weighted by atomic mass is 10.2. The fourth-order valence-corrected chi connectivity index (χ4v) is 1.54. The Morgan fingerprint density at radius 1 is 1.00 bits per heavy atom. The van der Waals surface area contributed by atoms with Gasteiger partial charge >= 0.3 is 0 Å². The summed E-state index contributed by atoms with van der Waals surface area (Å²) in [5.74, 6) is 0.858. The molecule has 0 aliphatic carbocycles. The molecular formula is C13H15N3. The Kier molecular flexibility index (Phi) is 3.05. The van der Waals surface area contributed by atoms with E-state index in [1.54, 1.807) is 6.20 Å². The smallest absolute Gasteiger partial charge is 0.130 e. The van der Waals surface area contributed by atoms with Crippen LogP contribution >= 0.6 is 0 Å². The van der Waals surface area contributed by atoms with Crippen LogP contribution < -0.4 is 10.2 Å². The van der Waals surface area contributed by atoms with Crippen LogP contribution in [0.2, 0.25) is 0 Å². The van der Waals surface area contributed by atoms with E-state index in [1.165, 1.54) is 0 Å². The van der Waals surface area contributed by atoms with Crippen LogP contribution in [0.5, 0.6) is 0 Å². The molecule has 0 radical (unpaired) electrons. The van der Waals surface area contributed by atoms with Crippen molar-refractivity contribution in [3.05, 3.63) is 48.7 Å². The number of rotatable bonds is 3. The van der Waals surface area contributed by atoms with Crippen molar-refractivity contribution in [1.29, 1.82) is 0 Å². The molecule has 0 spiro atoms. The van der Waals surface area contributed by atoms with Crippen molar-refractivity contribution in [2.75, 3.05) is 24.3 Å². The highest BCUT2D eigenvalue weighted by atomic mass is 15.1. The van der Waals surface area contributed by atoms with Gasteiger partial charge in [-0.15, -0.1) is 0 Å². The largest absolute Gasteiger partial charge is 0.376 e. The average Bonchev–Trinajstić information content (AvgIpc) is 2.31. The van der Waals surface area contributed by atoms with E-state index in [0.29, 0.717) is 0 Å². The molecule has 0 bridgehead atoms. The average molecular weight is 213 g/mol. The van der Waals surface area contributed by atoms with Crippen LogP contribution in [0.25, 0.3) is 0 Å². The van der Waals surface area contributed by atoms with Gasteiger partial charge in [-0.05, 0) is 24.3 Å². The number of pyridine rings is 1. The van der Waals surface area contributed by atoms with Crippen LogP contribution in [-0.4, -0.2) is 19.1 Å². The number of para-hydroxylation sites is 2. The van der Waals surface area contributed by atoms with Crippen molar-refractivity contribution in [2.24, 2.45) is 0 Å². The minimum absolute atomic E-state index is 0.858. The number of hydrogen-bond donors (Lipinski definition) is 1. The maximum atomic E-state index is 4.24. The van der Waals surface area contributed by atoms with Crippen molar-refractivity contribution in [3.8, 4) is 0 Å². The topological polar surface area (TPSA) is 28.2 Å². The molecule has 2 rings (SSSR count). The number of nitrogens with zero attached hydrogens (tertiary/aromatic N) is 2. The first kappa shape index (κ1) is 10.5. The molecule has 0 amide bonds. The molecule has 0 fully saturated rings. The standard InChI is InChI=1S/C13H15N3/c1-16(2)12-8-4-3-7-11(12)15-13-9-5-6-10-14-13/h3-10H,1-2H3,(H,14,15). The van der Waals surface area contributed by atoms with Gasteiger partial charge in [0.1, 0.15) is 5.82 Å². The van der Waals surface area contributed by atoms with E-state index in [0.717, 1.165) is 17.2 Å². The molecule has 1 N–H and O–H groups in total. The number of anilines is 3. The molecular weight excluding hydrogens is 198 g/mol. The first-order valence-corrected chi connectivity index (χ1v) is 5.22. The summed E-state index contributed by atoms with van der Waals surface area (Å²) in [5, 5.41) is 3.30. The Bertz CT molecular complexity index is 452. The second-order valence-corrected chi connectivity index (χ2v) is 3.75. The molecule has 1 aromatic carbocycles. The first-order valence-electron chi connectivity index (χ1n) is 5.22. The van der Waals surface area contributed by atoms with Gasteiger partial charge in [0, 0.05) is 20.3 Å². The van der Waals surface area contributed by atoms with Crippen LogP contribution in [0.15, 0.2) is 48.7 Å². The molecule has 0 unspecified atom stereocenters. The number of benzene rings is 1. The van der Waals surface area contributed by atoms with E-state index in [1.807, 2.05) is 50.5 Å². The van der Waals surface area contributed by atoms with E-state index in [9.17, 15) is 0 Å². The zero-order valence-electron chi connectivity index (χ0n) is 9.51. The highest BCUT2D eigenvalue weighted by Crippen LogP contribution is 2.25. The van der Waals surface area contributed by atoms with Gasteiger partial charge in [-0.3, -0.25) is 0 Å². The van der Waals surface area contributed by atoms with E-state index in [4.69, 9.17) is 0 Å². The highest BCUT2D eigenvalue weighted by molar-refractivity contribution is 5.73. The third-order valence-corrected chi connectivity index (χ3v) is 2.31. The lowest BCUT2D eigenvalue weighted by Gasteiger charge is -2.17. The van der Waals surface area contributed by atoms with Crippen LogP contribution in [0.4, 0.5) is 17.2 Å². The molecule has 0 saturated carbocycles. The van der Waals surface area contributed by atoms with E-state index >= 15 is 0 Å². The molecule has 1 heterocycles. The second-order valence-electron chi connectivity index (χ2n) is 3.75. The van der Waals surface area contributed by atoms with Crippen molar-refractivity contribution in [1.82, 2.24) is 4.98 Å². The summed E-state index contributed by atoms with van der Waals surface area (Å²) in [6, 6.07) is 14.0. The van der Waals surface area contributed by atoms with Gasteiger partial charge in [0.15, 0.2) is 0 Å². The van der Waals surface area contributed by atoms with Gasteiger partial charge in [-0.2, -0.15) is 0 Å². The minimum atomic E-state index is 0.858. The summed E-state index contributed by atoms with van der Waals surface area (Å²) >= 11 is 0. The lowest BCUT2D eigenvalue weighted by molar-refractivity contribution is 1.13. The summed E-state index contributed by atoms with van der Waals surface area (Å²) in [6.45, 7) is 0. The van der Waals surface area contributed by atoms with Crippen LogP contribution in [-0.2, 0) is 0 Å². The fraction of sp³-hybridized carbons (Fsp3) is 0.154. The maximum Gasteiger partial charge on any atom is 0.130 e. The summed E-state index contributed by atoms with van der Waals surface area (Å²) in [6.07, 6.45) is 1.78. The van der Waals surface area contributed by atoms with Crippen molar-refractivity contribution in [2.45, 2.75) is 0 Å². The molecule has 0 aliphatic heterocycles. The van der Waals surface area contributed by atoms with Gasteiger partial charge in [0.05, 0.1) is 11.4 Å². The van der Waals surface area contributed by atoms with Crippen LogP contribution in [0.1, 0.15) is 0 Å². The number of aromatic nitrogens is 1. The first-order chi connectivity index (χ1) is 7.77. The molecule has 82 valence electrons. The zero-order valence-corrected chi connectivity index (χ0v) is 9.51. The Balaban J connectivity index is 2.28. The second kappa shape index (κ2) is 4.66. The maximum absolute atomic E-state index is 4.24. The number of nitrogens with one attached hydrogen (secondary N) is 1. The lowest BCUT2D eigenvalue weighted by Crippen LogP contribution is -2.10. The van der Waals surface area contributed by atoms with Gasteiger partial charge in [0.25, 0.3) is 0 Å². The Hall–Kier alpha value is -2.03. The molecule has 1 aromatic heterocycles. The van der Waals surface area contributed by atoms with E-state index in [-0.39, 0.29) is 0 Å². The third kappa shape index (κ3) is 2.31. The minimum Gasteiger partial charge on any atom is -0.376 e.